The Kier molecular flexibility index (Phi) is 12.2. The number of aliphatic hydroxyl groups excluding tert-OH is 1. The van der Waals surface area contributed by atoms with Gasteiger partial charge in [-0.25, -0.2) is 4.79 Å². The monoisotopic (exact) mass is 560 g/mol. The number of nitrogens with two attached hydrogens (primary N) is 1. The average Bonchev–Trinajstić information content (AvgIpc) is 2.88. The zero-order valence-corrected chi connectivity index (χ0v) is 24.0. The number of hydrogen-bond donors (Lipinski definition) is 3. The minimum absolute atomic E-state index is 0.124. The SMILES string of the molecule is CO[C@H]1[C@@H](OC)C[C@H](C)[C@@H](OC)C2=CC(=O)C=C(NC(=O)/C(C)=C/C=C\C(O)[C@@H](OC(N)=O)/C(C)=C/[C@@H]1C)C2=O. The molecule has 2 amide bonds. The van der Waals surface area contributed by atoms with Crippen molar-refractivity contribution in [3.8, 4) is 0 Å². The fourth-order valence-electron chi connectivity index (χ4n) is 5.03. The maximum Gasteiger partial charge on any atom is 0.405 e. The summed E-state index contributed by atoms with van der Waals surface area (Å²) in [5, 5.41) is 13.3. The Bertz CT molecular complexity index is 1130. The van der Waals surface area contributed by atoms with Crippen molar-refractivity contribution in [1.29, 1.82) is 0 Å². The lowest BCUT2D eigenvalue weighted by Gasteiger charge is -2.34. The molecule has 0 fully saturated rings. The van der Waals surface area contributed by atoms with Crippen LogP contribution in [-0.2, 0) is 33.3 Å². The second-order valence-corrected chi connectivity index (χ2v) is 10.0. The van der Waals surface area contributed by atoms with Crippen molar-refractivity contribution in [2.45, 2.75) is 64.6 Å². The van der Waals surface area contributed by atoms with Gasteiger partial charge in [0, 0.05) is 44.5 Å². The molecule has 1 unspecified atom stereocenters. The summed E-state index contributed by atoms with van der Waals surface area (Å²) in [6, 6.07) is 0. The first kappa shape index (κ1) is 32.8. The van der Waals surface area contributed by atoms with Crippen molar-refractivity contribution < 1.29 is 43.2 Å². The Morgan fingerprint density at radius 2 is 1.70 bits per heavy atom. The van der Waals surface area contributed by atoms with E-state index in [2.05, 4.69) is 5.32 Å². The van der Waals surface area contributed by atoms with E-state index < -0.39 is 54.1 Å². The number of aliphatic hydroxyl groups is 1. The van der Waals surface area contributed by atoms with Crippen molar-refractivity contribution in [3.63, 3.8) is 0 Å². The Morgan fingerprint density at radius 1 is 1.02 bits per heavy atom. The molecule has 7 atom stereocenters. The standard InChI is InChI=1S/C29H40N2O9/c1-15-9-8-10-22(33)26(40-29(30)36)16(2)11-17(3)27(39-7)23(37-5)12-18(4)25(38-6)20-13-19(32)14-21(24(20)34)31-28(15)35/h8-11,13-14,17-18,22-23,25-27,33H,12H2,1-7H3,(H2,30,36)(H,31,35)/b10-8-,15-9+,16-11+/t17-,18-,22?,23-,25+,26-,27+/m0/s1. The number of ether oxygens (including phenoxy) is 4. The molecule has 0 spiro atoms. The quantitative estimate of drug-likeness (QED) is 0.345. The van der Waals surface area contributed by atoms with Gasteiger partial charge < -0.3 is 35.1 Å². The minimum atomic E-state index is -1.29. The van der Waals surface area contributed by atoms with Crippen LogP contribution in [0.2, 0.25) is 0 Å². The Morgan fingerprint density at radius 3 is 2.27 bits per heavy atom. The summed E-state index contributed by atoms with van der Waals surface area (Å²) in [6.45, 7) is 6.95. The third-order valence-electron chi connectivity index (χ3n) is 7.02. The number of carbonyl (C=O) groups is 4. The van der Waals surface area contributed by atoms with Gasteiger partial charge in [-0.1, -0.05) is 38.2 Å². The zero-order valence-electron chi connectivity index (χ0n) is 24.0. The molecule has 1 aliphatic heterocycles. The molecule has 0 radical (unpaired) electrons. The fourth-order valence-corrected chi connectivity index (χ4v) is 5.03. The van der Waals surface area contributed by atoms with Crippen LogP contribution in [0.1, 0.15) is 34.1 Å². The number of fused-ring (bicyclic) bond motifs is 2. The first-order chi connectivity index (χ1) is 18.8. The van der Waals surface area contributed by atoms with E-state index in [0.29, 0.717) is 12.0 Å². The van der Waals surface area contributed by atoms with Gasteiger partial charge in [0.15, 0.2) is 11.9 Å². The first-order valence-electron chi connectivity index (χ1n) is 12.9. The molecular formula is C29H40N2O9. The molecule has 0 saturated heterocycles. The van der Waals surface area contributed by atoms with Crippen LogP contribution in [0.5, 0.6) is 0 Å². The number of nitrogens with one attached hydrogen (secondary N) is 1. The smallest absolute Gasteiger partial charge is 0.405 e. The molecule has 2 rings (SSSR count). The molecule has 1 heterocycles. The van der Waals surface area contributed by atoms with Gasteiger partial charge >= 0.3 is 6.09 Å². The van der Waals surface area contributed by atoms with Gasteiger partial charge in [-0.3, -0.25) is 14.4 Å². The molecule has 11 nitrogen and oxygen atoms in total. The number of methoxy groups -OCH3 is 3. The first-order valence-corrected chi connectivity index (χ1v) is 12.9. The van der Waals surface area contributed by atoms with E-state index in [1.165, 1.54) is 45.4 Å². The van der Waals surface area contributed by atoms with Crippen molar-refractivity contribution in [2.75, 3.05) is 21.3 Å². The van der Waals surface area contributed by atoms with Gasteiger partial charge in [-0.15, -0.1) is 0 Å². The van der Waals surface area contributed by atoms with Crippen molar-refractivity contribution in [3.05, 3.63) is 58.9 Å². The number of rotatable bonds is 4. The van der Waals surface area contributed by atoms with Crippen LogP contribution in [0, 0.1) is 11.8 Å². The summed E-state index contributed by atoms with van der Waals surface area (Å²) in [5.41, 5.74) is 5.93. The van der Waals surface area contributed by atoms with Gasteiger partial charge in [0.2, 0.25) is 5.78 Å². The van der Waals surface area contributed by atoms with Crippen LogP contribution < -0.4 is 11.1 Å². The van der Waals surface area contributed by atoms with Crippen LogP contribution in [-0.4, -0.2) is 80.5 Å². The normalized spacial score (nSPS) is 34.4. The molecule has 11 heteroatoms. The van der Waals surface area contributed by atoms with E-state index >= 15 is 0 Å². The van der Waals surface area contributed by atoms with Crippen LogP contribution in [0.3, 0.4) is 0 Å². The highest BCUT2D eigenvalue weighted by Gasteiger charge is 2.36. The Hall–Kier alpha value is -3.38. The molecular weight excluding hydrogens is 520 g/mol. The Labute approximate surface area is 234 Å². The number of amides is 2. The van der Waals surface area contributed by atoms with E-state index in [9.17, 15) is 24.3 Å². The van der Waals surface area contributed by atoms with Crippen LogP contribution in [0.25, 0.3) is 0 Å². The predicted molar refractivity (Wildman–Crippen MR) is 147 cm³/mol. The highest BCUT2D eigenvalue weighted by molar-refractivity contribution is 6.22. The summed E-state index contributed by atoms with van der Waals surface area (Å²) in [7, 11) is 4.52. The van der Waals surface area contributed by atoms with Gasteiger partial charge in [0.05, 0.1) is 24.0 Å². The molecule has 4 N–H and O–H groups in total. The molecule has 0 saturated carbocycles. The van der Waals surface area contributed by atoms with Gasteiger partial charge in [-0.2, -0.15) is 0 Å². The number of ketones is 2. The highest BCUT2D eigenvalue weighted by Crippen LogP contribution is 2.29. The topological polar surface area (TPSA) is 163 Å². The molecule has 2 aliphatic rings. The number of Topliss-reactive ketones (excluding diaryl/α,β-unsaturated/α-hetero) is 1. The minimum Gasteiger partial charge on any atom is -0.439 e. The number of carbonyl (C=O) groups excluding carboxylic acids is 4. The number of primary amides is 1. The summed E-state index contributed by atoms with van der Waals surface area (Å²) >= 11 is 0. The Balaban J connectivity index is 2.62. The predicted octanol–water partition coefficient (Wildman–Crippen LogP) is 2.06. The second-order valence-electron chi connectivity index (χ2n) is 10.0. The fraction of sp³-hybridized carbons (Fsp3) is 0.517. The zero-order chi connectivity index (χ0) is 30.1. The third kappa shape index (κ3) is 8.31. The van der Waals surface area contributed by atoms with E-state index in [4.69, 9.17) is 24.7 Å². The van der Waals surface area contributed by atoms with Crippen molar-refractivity contribution in [2.24, 2.45) is 17.6 Å². The van der Waals surface area contributed by atoms with Crippen LogP contribution in [0.4, 0.5) is 4.79 Å². The lowest BCUT2D eigenvalue weighted by atomic mass is 9.84. The number of allylic oxidation sites excluding steroid dienone is 5. The second kappa shape index (κ2) is 14.8. The molecule has 2 bridgehead atoms. The molecule has 220 valence electrons. The maximum absolute atomic E-state index is 13.3. The number of hydrogen-bond acceptors (Lipinski definition) is 9. The molecule has 0 aromatic rings. The van der Waals surface area contributed by atoms with Gasteiger partial charge in [0.25, 0.3) is 5.91 Å². The summed E-state index contributed by atoms with van der Waals surface area (Å²) in [6.07, 6.45) is 3.44. The van der Waals surface area contributed by atoms with Crippen LogP contribution in [0.15, 0.2) is 58.9 Å². The van der Waals surface area contributed by atoms with Gasteiger partial charge in [0.1, 0.15) is 6.10 Å². The lowest BCUT2D eigenvalue weighted by Crippen LogP contribution is -2.41. The lowest BCUT2D eigenvalue weighted by molar-refractivity contribution is -0.120. The summed E-state index contributed by atoms with van der Waals surface area (Å²) in [5.74, 6) is -2.20. The van der Waals surface area contributed by atoms with E-state index in [1.807, 2.05) is 13.8 Å². The molecule has 0 aromatic heterocycles. The maximum atomic E-state index is 13.3. The largest absolute Gasteiger partial charge is 0.439 e. The summed E-state index contributed by atoms with van der Waals surface area (Å²) in [4.78, 5) is 50.3. The van der Waals surface area contributed by atoms with Gasteiger partial charge in [-0.05, 0) is 37.8 Å². The van der Waals surface area contributed by atoms with E-state index in [0.717, 1.165) is 6.08 Å². The average molecular weight is 561 g/mol. The van der Waals surface area contributed by atoms with Crippen molar-refractivity contribution in [1.82, 2.24) is 5.32 Å². The third-order valence-corrected chi connectivity index (χ3v) is 7.02. The van der Waals surface area contributed by atoms with E-state index in [1.54, 1.807) is 20.1 Å². The highest BCUT2D eigenvalue weighted by atomic mass is 16.6. The molecule has 0 aromatic carbocycles. The van der Waals surface area contributed by atoms with E-state index in [-0.39, 0.29) is 28.7 Å². The molecule has 1 aliphatic carbocycles. The van der Waals surface area contributed by atoms with Crippen LogP contribution >= 0.6 is 0 Å². The van der Waals surface area contributed by atoms with Crippen molar-refractivity contribution >= 4 is 23.6 Å². The summed E-state index contributed by atoms with van der Waals surface area (Å²) < 4.78 is 22.5. The molecule has 40 heavy (non-hydrogen) atoms.